The first-order chi connectivity index (χ1) is 15.0. The summed E-state index contributed by atoms with van der Waals surface area (Å²) in [6.07, 6.45) is 0.925. The molecule has 8 heteroatoms. The SMILES string of the molecule is Cc1cccc(Nc2nc(NC3CCN(Cc4ccccc4)C3)[nH]c(=O)c2C(N)=O)c1. The standard InChI is InChI=1S/C23H26N6O2/c1-15-6-5-9-17(12-15)25-21-19(20(24)30)22(31)28-23(27-21)26-18-10-11-29(14-18)13-16-7-3-2-4-8-16/h2-9,12,18H,10-11,13-14H2,1H3,(H2,24,30)(H3,25,26,27,28,31). The number of nitrogens with zero attached hydrogens (tertiary/aromatic N) is 2. The highest BCUT2D eigenvalue weighted by Crippen LogP contribution is 2.20. The Morgan fingerprint density at radius 3 is 2.77 bits per heavy atom. The fraction of sp³-hybridized carbons (Fsp3) is 0.261. The molecule has 4 rings (SSSR count). The van der Waals surface area contributed by atoms with Crippen molar-refractivity contribution in [3.05, 3.63) is 81.6 Å². The molecule has 0 bridgehead atoms. The van der Waals surface area contributed by atoms with E-state index in [0.29, 0.717) is 5.95 Å². The van der Waals surface area contributed by atoms with E-state index >= 15 is 0 Å². The number of aromatic amines is 1. The van der Waals surface area contributed by atoms with Crippen molar-refractivity contribution in [2.45, 2.75) is 25.9 Å². The molecule has 1 unspecified atom stereocenters. The minimum absolute atomic E-state index is 0.137. The van der Waals surface area contributed by atoms with Gasteiger partial charge in [-0.2, -0.15) is 4.98 Å². The van der Waals surface area contributed by atoms with Gasteiger partial charge in [-0.15, -0.1) is 0 Å². The number of aryl methyl sites for hydroxylation is 1. The zero-order valence-corrected chi connectivity index (χ0v) is 17.4. The third kappa shape index (κ3) is 5.10. The number of H-pyrrole nitrogens is 1. The van der Waals surface area contributed by atoms with E-state index in [4.69, 9.17) is 5.73 Å². The summed E-state index contributed by atoms with van der Waals surface area (Å²) in [4.78, 5) is 33.9. The molecule has 1 aromatic heterocycles. The molecule has 5 N–H and O–H groups in total. The van der Waals surface area contributed by atoms with Gasteiger partial charge < -0.3 is 16.4 Å². The van der Waals surface area contributed by atoms with Gasteiger partial charge in [0.15, 0.2) is 5.82 Å². The van der Waals surface area contributed by atoms with E-state index < -0.39 is 11.5 Å². The normalized spacial score (nSPS) is 16.2. The Balaban J connectivity index is 1.50. The maximum absolute atomic E-state index is 12.6. The van der Waals surface area contributed by atoms with E-state index in [0.717, 1.165) is 37.3 Å². The number of hydrogen-bond donors (Lipinski definition) is 4. The van der Waals surface area contributed by atoms with Gasteiger partial charge in [-0.05, 0) is 36.6 Å². The van der Waals surface area contributed by atoms with Crippen LogP contribution < -0.4 is 21.9 Å². The first-order valence-electron chi connectivity index (χ1n) is 10.3. The van der Waals surface area contributed by atoms with Crippen LogP contribution in [0, 0.1) is 6.92 Å². The van der Waals surface area contributed by atoms with Gasteiger partial charge >= 0.3 is 0 Å². The number of nitrogens with two attached hydrogens (primary N) is 1. The smallest absolute Gasteiger partial charge is 0.267 e. The summed E-state index contributed by atoms with van der Waals surface area (Å²) >= 11 is 0. The van der Waals surface area contributed by atoms with Crippen molar-refractivity contribution in [1.29, 1.82) is 0 Å². The van der Waals surface area contributed by atoms with Crippen LogP contribution in [-0.2, 0) is 6.54 Å². The van der Waals surface area contributed by atoms with E-state index in [9.17, 15) is 9.59 Å². The molecular weight excluding hydrogens is 392 g/mol. The number of primary amides is 1. The molecule has 160 valence electrons. The lowest BCUT2D eigenvalue weighted by Gasteiger charge is -2.18. The molecule has 1 aliphatic heterocycles. The second kappa shape index (κ2) is 9.01. The molecule has 2 heterocycles. The zero-order chi connectivity index (χ0) is 21.8. The van der Waals surface area contributed by atoms with Crippen molar-refractivity contribution in [1.82, 2.24) is 14.9 Å². The van der Waals surface area contributed by atoms with E-state index in [1.807, 2.05) is 49.4 Å². The second-order valence-electron chi connectivity index (χ2n) is 7.85. The number of carbonyl (C=O) groups is 1. The van der Waals surface area contributed by atoms with Crippen molar-refractivity contribution in [3.63, 3.8) is 0 Å². The van der Waals surface area contributed by atoms with Crippen molar-refractivity contribution in [3.8, 4) is 0 Å². The van der Waals surface area contributed by atoms with Crippen LogP contribution in [0.3, 0.4) is 0 Å². The molecule has 31 heavy (non-hydrogen) atoms. The first kappa shape index (κ1) is 20.6. The number of carbonyl (C=O) groups excluding carboxylic acids is 1. The predicted molar refractivity (Wildman–Crippen MR) is 122 cm³/mol. The topological polar surface area (TPSA) is 116 Å². The fourth-order valence-electron chi connectivity index (χ4n) is 3.85. The maximum atomic E-state index is 12.6. The average molecular weight is 419 g/mol. The van der Waals surface area contributed by atoms with Gasteiger partial charge in [0.2, 0.25) is 5.95 Å². The minimum atomic E-state index is -0.828. The molecule has 1 fully saturated rings. The highest BCUT2D eigenvalue weighted by molar-refractivity contribution is 5.98. The molecular formula is C23H26N6O2. The molecule has 1 saturated heterocycles. The summed E-state index contributed by atoms with van der Waals surface area (Å²) in [7, 11) is 0. The highest BCUT2D eigenvalue weighted by Gasteiger charge is 2.24. The van der Waals surface area contributed by atoms with Crippen LogP contribution in [0.4, 0.5) is 17.5 Å². The lowest BCUT2D eigenvalue weighted by Crippen LogP contribution is -2.30. The van der Waals surface area contributed by atoms with E-state index in [2.05, 4.69) is 37.6 Å². The van der Waals surface area contributed by atoms with Gasteiger partial charge in [0, 0.05) is 31.4 Å². The number of likely N-dealkylation sites (tertiary alicyclic amines) is 1. The molecule has 8 nitrogen and oxygen atoms in total. The Hall–Kier alpha value is -3.65. The molecule has 0 saturated carbocycles. The molecule has 1 aliphatic rings. The number of nitrogens with one attached hydrogen (secondary N) is 3. The number of amides is 1. The van der Waals surface area contributed by atoms with Crippen LogP contribution >= 0.6 is 0 Å². The summed E-state index contributed by atoms with van der Waals surface area (Å²) < 4.78 is 0. The molecule has 1 amide bonds. The number of rotatable bonds is 7. The van der Waals surface area contributed by atoms with Gasteiger partial charge in [-0.25, -0.2) is 0 Å². The molecule has 0 aliphatic carbocycles. The first-order valence-corrected chi connectivity index (χ1v) is 10.3. The van der Waals surface area contributed by atoms with Crippen LogP contribution in [0.2, 0.25) is 0 Å². The number of anilines is 3. The Morgan fingerprint density at radius 2 is 2.03 bits per heavy atom. The maximum Gasteiger partial charge on any atom is 0.267 e. The van der Waals surface area contributed by atoms with E-state index in [1.165, 1.54) is 5.56 Å². The Labute approximate surface area is 180 Å². The summed E-state index contributed by atoms with van der Waals surface area (Å²) in [6.45, 7) is 4.62. The van der Waals surface area contributed by atoms with E-state index in [1.54, 1.807) is 0 Å². The van der Waals surface area contributed by atoms with Gasteiger partial charge in [0.1, 0.15) is 5.56 Å². The van der Waals surface area contributed by atoms with Gasteiger partial charge in [-0.1, -0.05) is 42.5 Å². The lowest BCUT2D eigenvalue weighted by atomic mass is 10.2. The summed E-state index contributed by atoms with van der Waals surface area (Å²) in [5.74, 6) is -0.370. The summed E-state index contributed by atoms with van der Waals surface area (Å²) in [5.41, 5.74) is 7.71. The van der Waals surface area contributed by atoms with Gasteiger partial charge in [-0.3, -0.25) is 19.5 Å². The van der Waals surface area contributed by atoms with Crippen LogP contribution in [0.1, 0.15) is 27.9 Å². The van der Waals surface area contributed by atoms with Gasteiger partial charge in [0.05, 0.1) is 0 Å². The largest absolute Gasteiger partial charge is 0.365 e. The molecule has 2 aromatic carbocycles. The number of aromatic nitrogens is 2. The molecule has 1 atom stereocenters. The summed E-state index contributed by atoms with van der Waals surface area (Å²) in [6, 6.07) is 18.0. The molecule has 0 spiro atoms. The van der Waals surface area contributed by atoms with Crippen LogP contribution in [0.25, 0.3) is 0 Å². The average Bonchev–Trinajstić information content (AvgIpc) is 3.15. The van der Waals surface area contributed by atoms with Gasteiger partial charge in [0.25, 0.3) is 11.5 Å². The highest BCUT2D eigenvalue weighted by atomic mass is 16.2. The quantitative estimate of drug-likeness (QED) is 0.469. The lowest BCUT2D eigenvalue weighted by molar-refractivity contribution is 0.0999. The minimum Gasteiger partial charge on any atom is -0.365 e. The predicted octanol–water partition coefficient (Wildman–Crippen LogP) is 2.61. The molecule has 3 aromatic rings. The van der Waals surface area contributed by atoms with Crippen LogP contribution in [0.5, 0.6) is 0 Å². The van der Waals surface area contributed by atoms with Crippen molar-refractivity contribution < 1.29 is 4.79 Å². The Kier molecular flexibility index (Phi) is 5.99. The fourth-order valence-corrected chi connectivity index (χ4v) is 3.85. The second-order valence-corrected chi connectivity index (χ2v) is 7.85. The summed E-state index contributed by atoms with van der Waals surface area (Å²) in [5, 5.41) is 6.36. The van der Waals surface area contributed by atoms with Crippen LogP contribution in [0.15, 0.2) is 59.4 Å². The third-order valence-corrected chi connectivity index (χ3v) is 5.31. The van der Waals surface area contributed by atoms with Crippen molar-refractivity contribution >= 4 is 23.4 Å². The van der Waals surface area contributed by atoms with Crippen molar-refractivity contribution in [2.24, 2.45) is 5.73 Å². The van der Waals surface area contributed by atoms with Crippen LogP contribution in [-0.4, -0.2) is 39.9 Å². The Bertz CT molecular complexity index is 1130. The Morgan fingerprint density at radius 1 is 1.23 bits per heavy atom. The van der Waals surface area contributed by atoms with E-state index in [-0.39, 0.29) is 17.4 Å². The number of benzene rings is 2. The zero-order valence-electron chi connectivity index (χ0n) is 17.4. The third-order valence-electron chi connectivity index (χ3n) is 5.31. The monoisotopic (exact) mass is 418 g/mol. The molecule has 0 radical (unpaired) electrons. The number of hydrogen-bond acceptors (Lipinski definition) is 6. The van der Waals surface area contributed by atoms with Crippen molar-refractivity contribution in [2.75, 3.05) is 23.7 Å².